The molecule has 0 saturated carbocycles. The van der Waals surface area contributed by atoms with Crippen molar-refractivity contribution < 1.29 is 4.79 Å². The normalized spacial score (nSPS) is 18.8. The number of imidazole rings is 1. The Hall–Kier alpha value is -1.90. The van der Waals surface area contributed by atoms with E-state index in [0.717, 1.165) is 48.2 Å². The van der Waals surface area contributed by atoms with Crippen LogP contribution in [-0.2, 0) is 17.8 Å². The van der Waals surface area contributed by atoms with Crippen LogP contribution in [0.2, 0.25) is 0 Å². The van der Waals surface area contributed by atoms with Crippen molar-refractivity contribution in [1.82, 2.24) is 9.55 Å². The lowest BCUT2D eigenvalue weighted by Gasteiger charge is -2.17. The molecule has 1 atom stereocenters. The van der Waals surface area contributed by atoms with E-state index in [2.05, 4.69) is 35.5 Å². The van der Waals surface area contributed by atoms with Gasteiger partial charge in [-0.1, -0.05) is 25.1 Å². The number of aryl methyl sites for hydroxylation is 1. The lowest BCUT2D eigenvalue weighted by Crippen LogP contribution is -2.14. The fourth-order valence-corrected chi connectivity index (χ4v) is 3.09. The van der Waals surface area contributed by atoms with Gasteiger partial charge in [0.2, 0.25) is 0 Å². The predicted molar refractivity (Wildman–Crippen MR) is 85.2 cm³/mol. The van der Waals surface area contributed by atoms with E-state index in [4.69, 9.17) is 0 Å². The van der Waals surface area contributed by atoms with E-state index in [9.17, 15) is 4.79 Å². The molecule has 0 saturated heterocycles. The molecule has 0 amide bonds. The summed E-state index contributed by atoms with van der Waals surface area (Å²) in [6, 6.07) is 8.09. The molecule has 1 heterocycles. The molecule has 1 aromatic carbocycles. The van der Waals surface area contributed by atoms with Crippen LogP contribution in [0.25, 0.3) is 11.0 Å². The molecule has 1 aromatic heterocycles. The van der Waals surface area contributed by atoms with E-state index in [1.165, 1.54) is 0 Å². The van der Waals surface area contributed by atoms with Crippen LogP contribution in [0.15, 0.2) is 35.9 Å². The lowest BCUT2D eigenvalue weighted by atomic mass is 9.88. The minimum absolute atomic E-state index is 0.243. The summed E-state index contributed by atoms with van der Waals surface area (Å²) in [7, 11) is 0. The Morgan fingerprint density at radius 2 is 2.19 bits per heavy atom. The Bertz CT molecular complexity index is 696. The number of fused-ring (bicyclic) bond motifs is 1. The van der Waals surface area contributed by atoms with Gasteiger partial charge in [0, 0.05) is 6.54 Å². The number of allylic oxidation sites excluding steroid dienone is 2. The molecule has 0 radical (unpaired) electrons. The number of benzene rings is 1. The maximum Gasteiger partial charge on any atom is 0.166 e. The lowest BCUT2D eigenvalue weighted by molar-refractivity contribution is -0.115. The molecular weight excluding hydrogens is 260 g/mol. The predicted octanol–water partition coefficient (Wildman–Crippen LogP) is 3.91. The van der Waals surface area contributed by atoms with E-state index in [0.29, 0.717) is 12.3 Å². The zero-order valence-corrected chi connectivity index (χ0v) is 12.8. The molecular formula is C18H22N2O. The summed E-state index contributed by atoms with van der Waals surface area (Å²) in [5, 5.41) is 0. The molecule has 0 fully saturated rings. The summed E-state index contributed by atoms with van der Waals surface area (Å²) >= 11 is 0. The molecule has 3 heteroatoms. The summed E-state index contributed by atoms with van der Waals surface area (Å²) in [6.07, 6.45) is 5.64. The average molecular weight is 282 g/mol. The van der Waals surface area contributed by atoms with Crippen LogP contribution in [0.4, 0.5) is 0 Å². The summed E-state index contributed by atoms with van der Waals surface area (Å²) in [6.45, 7) is 5.19. The van der Waals surface area contributed by atoms with Crippen molar-refractivity contribution in [1.29, 1.82) is 0 Å². The van der Waals surface area contributed by atoms with Gasteiger partial charge in [0.05, 0.1) is 17.5 Å². The van der Waals surface area contributed by atoms with Crippen molar-refractivity contribution >= 4 is 16.8 Å². The van der Waals surface area contributed by atoms with E-state index >= 15 is 0 Å². The number of aromatic nitrogens is 2. The van der Waals surface area contributed by atoms with Crippen LogP contribution in [0.3, 0.4) is 0 Å². The third-order valence-electron chi connectivity index (χ3n) is 4.40. The number of carbonyl (C=O) groups excluding carboxylic acids is 1. The SMILES string of the molecule is CCn1c(CC(=O)C2=CCC(C)CC2)nc2ccccc21. The molecule has 2 aromatic rings. The largest absolute Gasteiger partial charge is 0.328 e. The van der Waals surface area contributed by atoms with Crippen LogP contribution in [0, 0.1) is 5.92 Å². The van der Waals surface area contributed by atoms with Gasteiger partial charge in [-0.3, -0.25) is 4.79 Å². The standard InChI is InChI=1S/C18H22N2O/c1-3-20-16-7-5-4-6-15(16)19-18(20)12-17(21)14-10-8-13(2)9-11-14/h4-7,10,13H,3,8-9,11-12H2,1-2H3. The molecule has 110 valence electrons. The third kappa shape index (κ3) is 2.78. The Balaban J connectivity index is 1.86. The summed E-state index contributed by atoms with van der Waals surface area (Å²) in [5.74, 6) is 1.84. The van der Waals surface area contributed by atoms with Gasteiger partial charge in [0.15, 0.2) is 5.78 Å². The molecule has 0 aliphatic heterocycles. The fraction of sp³-hybridized carbons (Fsp3) is 0.444. The van der Waals surface area contributed by atoms with Gasteiger partial charge >= 0.3 is 0 Å². The van der Waals surface area contributed by atoms with Gasteiger partial charge in [-0.25, -0.2) is 4.98 Å². The molecule has 1 aliphatic rings. The highest BCUT2D eigenvalue weighted by atomic mass is 16.1. The highest BCUT2D eigenvalue weighted by Gasteiger charge is 2.19. The van der Waals surface area contributed by atoms with Crippen LogP contribution in [-0.4, -0.2) is 15.3 Å². The van der Waals surface area contributed by atoms with Gasteiger partial charge in [-0.15, -0.1) is 0 Å². The average Bonchev–Trinajstić information content (AvgIpc) is 2.84. The number of hydrogen-bond acceptors (Lipinski definition) is 2. The maximum atomic E-state index is 12.5. The second-order valence-corrected chi connectivity index (χ2v) is 5.97. The number of Topliss-reactive ketones (excluding diaryl/α,β-unsaturated/α-hetero) is 1. The zero-order chi connectivity index (χ0) is 14.8. The van der Waals surface area contributed by atoms with Gasteiger partial charge in [-0.2, -0.15) is 0 Å². The van der Waals surface area contributed by atoms with Crippen molar-refractivity contribution in [3.05, 3.63) is 41.7 Å². The molecule has 1 unspecified atom stereocenters. The first-order chi connectivity index (χ1) is 10.2. The molecule has 3 nitrogen and oxygen atoms in total. The number of ketones is 1. The Kier molecular flexibility index (Phi) is 3.91. The number of hydrogen-bond donors (Lipinski definition) is 0. The first-order valence-corrected chi connectivity index (χ1v) is 7.85. The second-order valence-electron chi connectivity index (χ2n) is 5.97. The van der Waals surface area contributed by atoms with Crippen LogP contribution in [0.5, 0.6) is 0 Å². The smallest absolute Gasteiger partial charge is 0.166 e. The number of nitrogens with zero attached hydrogens (tertiary/aromatic N) is 2. The van der Waals surface area contributed by atoms with Gasteiger partial charge in [-0.05, 0) is 49.8 Å². The monoisotopic (exact) mass is 282 g/mol. The highest BCUT2D eigenvalue weighted by Crippen LogP contribution is 2.25. The van der Waals surface area contributed by atoms with Crippen LogP contribution >= 0.6 is 0 Å². The minimum atomic E-state index is 0.243. The molecule has 0 N–H and O–H groups in total. The number of para-hydroxylation sites is 2. The molecule has 3 rings (SSSR count). The Morgan fingerprint density at radius 1 is 1.38 bits per heavy atom. The van der Waals surface area contributed by atoms with Gasteiger partial charge in [0.25, 0.3) is 0 Å². The molecule has 1 aliphatic carbocycles. The quantitative estimate of drug-likeness (QED) is 0.852. The first kappa shape index (κ1) is 14.1. The van der Waals surface area contributed by atoms with Crippen LogP contribution < -0.4 is 0 Å². The van der Waals surface area contributed by atoms with Crippen molar-refractivity contribution in [2.45, 2.75) is 46.1 Å². The Labute approximate surface area is 125 Å². The van der Waals surface area contributed by atoms with E-state index in [1.54, 1.807) is 0 Å². The first-order valence-electron chi connectivity index (χ1n) is 7.85. The van der Waals surface area contributed by atoms with Crippen molar-refractivity contribution in [2.24, 2.45) is 5.92 Å². The van der Waals surface area contributed by atoms with Crippen molar-refractivity contribution in [3.63, 3.8) is 0 Å². The highest BCUT2D eigenvalue weighted by molar-refractivity contribution is 5.97. The van der Waals surface area contributed by atoms with Crippen molar-refractivity contribution in [2.75, 3.05) is 0 Å². The number of rotatable bonds is 4. The maximum absolute atomic E-state index is 12.5. The van der Waals surface area contributed by atoms with Gasteiger partial charge in [0.1, 0.15) is 5.82 Å². The minimum Gasteiger partial charge on any atom is -0.328 e. The van der Waals surface area contributed by atoms with Crippen LogP contribution in [0.1, 0.15) is 38.9 Å². The summed E-state index contributed by atoms with van der Waals surface area (Å²) < 4.78 is 2.15. The number of carbonyl (C=O) groups is 1. The summed E-state index contributed by atoms with van der Waals surface area (Å²) in [5.41, 5.74) is 3.10. The molecule has 0 spiro atoms. The Morgan fingerprint density at radius 3 is 2.90 bits per heavy atom. The fourth-order valence-electron chi connectivity index (χ4n) is 3.09. The second kappa shape index (κ2) is 5.84. The summed E-state index contributed by atoms with van der Waals surface area (Å²) in [4.78, 5) is 17.1. The molecule has 0 bridgehead atoms. The van der Waals surface area contributed by atoms with E-state index in [1.807, 2.05) is 18.2 Å². The third-order valence-corrected chi connectivity index (χ3v) is 4.40. The van der Waals surface area contributed by atoms with Crippen molar-refractivity contribution in [3.8, 4) is 0 Å². The van der Waals surface area contributed by atoms with E-state index < -0.39 is 0 Å². The zero-order valence-electron chi connectivity index (χ0n) is 12.8. The van der Waals surface area contributed by atoms with Gasteiger partial charge < -0.3 is 4.57 Å². The van der Waals surface area contributed by atoms with E-state index in [-0.39, 0.29) is 5.78 Å². The molecule has 21 heavy (non-hydrogen) atoms. The topological polar surface area (TPSA) is 34.9 Å².